The SMILES string of the molecule is COc1ccc(-n2nc(C)c3c(C(F)F)cc(-c4ccc(Br)cc4)nc32)cc1. The third-order valence-corrected chi connectivity index (χ3v) is 5.06. The molecule has 142 valence electrons. The van der Waals surface area contributed by atoms with Gasteiger partial charge < -0.3 is 4.74 Å². The quantitative estimate of drug-likeness (QED) is 0.382. The molecule has 0 N–H and O–H groups in total. The average molecular weight is 444 g/mol. The third kappa shape index (κ3) is 3.26. The number of hydrogen-bond acceptors (Lipinski definition) is 3. The number of halogens is 3. The van der Waals surface area contributed by atoms with E-state index in [4.69, 9.17) is 4.74 Å². The van der Waals surface area contributed by atoms with E-state index in [1.807, 2.05) is 36.4 Å². The molecule has 0 saturated heterocycles. The number of hydrogen-bond donors (Lipinski definition) is 0. The fraction of sp³-hybridized carbons (Fsp3) is 0.143. The number of benzene rings is 2. The lowest BCUT2D eigenvalue weighted by Crippen LogP contribution is -2.00. The Balaban J connectivity index is 1.97. The molecule has 2 aromatic carbocycles. The highest BCUT2D eigenvalue weighted by atomic mass is 79.9. The molecule has 0 amide bonds. The fourth-order valence-electron chi connectivity index (χ4n) is 3.17. The molecule has 4 nitrogen and oxygen atoms in total. The summed E-state index contributed by atoms with van der Waals surface area (Å²) in [7, 11) is 1.59. The number of aryl methyl sites for hydroxylation is 1. The van der Waals surface area contributed by atoms with Crippen molar-refractivity contribution in [1.82, 2.24) is 14.8 Å². The highest BCUT2D eigenvalue weighted by Crippen LogP contribution is 2.34. The van der Waals surface area contributed by atoms with Crippen molar-refractivity contribution in [1.29, 1.82) is 0 Å². The van der Waals surface area contributed by atoms with Crippen LogP contribution in [0, 0.1) is 6.92 Å². The van der Waals surface area contributed by atoms with Gasteiger partial charge in [0.25, 0.3) is 6.43 Å². The van der Waals surface area contributed by atoms with Gasteiger partial charge in [-0.3, -0.25) is 0 Å². The van der Waals surface area contributed by atoms with Crippen LogP contribution in [0.15, 0.2) is 59.1 Å². The van der Waals surface area contributed by atoms with Crippen molar-refractivity contribution in [3.63, 3.8) is 0 Å². The molecule has 28 heavy (non-hydrogen) atoms. The summed E-state index contributed by atoms with van der Waals surface area (Å²) in [5.41, 5.74) is 2.80. The van der Waals surface area contributed by atoms with Crippen LogP contribution in [0.25, 0.3) is 28.0 Å². The van der Waals surface area contributed by atoms with Gasteiger partial charge in [0.1, 0.15) is 5.75 Å². The molecule has 0 aliphatic carbocycles. The zero-order valence-corrected chi connectivity index (χ0v) is 16.7. The van der Waals surface area contributed by atoms with E-state index in [2.05, 4.69) is 26.0 Å². The Kier molecular flexibility index (Phi) is 4.85. The minimum absolute atomic E-state index is 0.0693. The summed E-state index contributed by atoms with van der Waals surface area (Å²) < 4.78 is 35.4. The molecule has 0 fully saturated rings. The number of fused-ring (bicyclic) bond motifs is 1. The van der Waals surface area contributed by atoms with Gasteiger partial charge in [-0.2, -0.15) is 5.10 Å². The van der Waals surface area contributed by atoms with Gasteiger partial charge in [-0.05, 0) is 49.4 Å². The van der Waals surface area contributed by atoms with E-state index in [9.17, 15) is 8.78 Å². The second-order valence-electron chi connectivity index (χ2n) is 6.30. The van der Waals surface area contributed by atoms with Gasteiger partial charge in [-0.25, -0.2) is 18.4 Å². The van der Waals surface area contributed by atoms with E-state index in [0.29, 0.717) is 28.2 Å². The van der Waals surface area contributed by atoms with Gasteiger partial charge in [0, 0.05) is 15.6 Å². The lowest BCUT2D eigenvalue weighted by Gasteiger charge is -2.09. The van der Waals surface area contributed by atoms with Crippen molar-refractivity contribution in [3.05, 3.63) is 70.3 Å². The lowest BCUT2D eigenvalue weighted by atomic mass is 10.1. The molecule has 0 unspecified atom stereocenters. The van der Waals surface area contributed by atoms with Crippen LogP contribution in [0.1, 0.15) is 17.7 Å². The van der Waals surface area contributed by atoms with Gasteiger partial charge in [0.15, 0.2) is 5.65 Å². The Morgan fingerprint density at radius 2 is 1.71 bits per heavy atom. The topological polar surface area (TPSA) is 39.9 Å². The Bertz CT molecular complexity index is 1140. The maximum Gasteiger partial charge on any atom is 0.264 e. The number of nitrogens with zero attached hydrogens (tertiary/aromatic N) is 3. The lowest BCUT2D eigenvalue weighted by molar-refractivity contribution is 0.153. The molecule has 2 aromatic heterocycles. The van der Waals surface area contributed by atoms with Gasteiger partial charge in [-0.15, -0.1) is 0 Å². The largest absolute Gasteiger partial charge is 0.497 e. The fourth-order valence-corrected chi connectivity index (χ4v) is 3.43. The first-order valence-electron chi connectivity index (χ1n) is 8.56. The first kappa shape index (κ1) is 18.6. The molecule has 4 rings (SSSR count). The van der Waals surface area contributed by atoms with Crippen molar-refractivity contribution in [2.45, 2.75) is 13.3 Å². The molecule has 0 spiro atoms. The van der Waals surface area contributed by atoms with Gasteiger partial charge in [0.05, 0.1) is 29.6 Å². The van der Waals surface area contributed by atoms with Gasteiger partial charge >= 0.3 is 0 Å². The maximum absolute atomic E-state index is 13.9. The monoisotopic (exact) mass is 443 g/mol. The minimum atomic E-state index is -2.63. The molecule has 0 aliphatic rings. The van der Waals surface area contributed by atoms with E-state index in [-0.39, 0.29) is 5.56 Å². The van der Waals surface area contributed by atoms with Crippen molar-refractivity contribution < 1.29 is 13.5 Å². The number of methoxy groups -OCH3 is 1. The van der Waals surface area contributed by atoms with E-state index < -0.39 is 6.43 Å². The van der Waals surface area contributed by atoms with Crippen molar-refractivity contribution in [3.8, 4) is 22.7 Å². The molecule has 0 bridgehead atoms. The number of pyridine rings is 1. The van der Waals surface area contributed by atoms with E-state index in [1.54, 1.807) is 30.8 Å². The minimum Gasteiger partial charge on any atom is -0.497 e. The number of alkyl halides is 2. The zero-order valence-electron chi connectivity index (χ0n) is 15.2. The Labute approximate surface area is 168 Å². The Morgan fingerprint density at radius 3 is 2.32 bits per heavy atom. The average Bonchev–Trinajstić information content (AvgIpc) is 3.04. The normalized spacial score (nSPS) is 11.4. The van der Waals surface area contributed by atoms with Crippen LogP contribution in [-0.4, -0.2) is 21.9 Å². The molecule has 7 heteroatoms. The Hall–Kier alpha value is -2.80. The molecule has 0 aliphatic heterocycles. The standard InChI is InChI=1S/C21H16BrF2N3O/c1-12-19-17(20(23)24)11-18(13-3-5-14(22)6-4-13)25-21(19)27(26-12)15-7-9-16(28-2)10-8-15/h3-11,20H,1-2H3. The number of aromatic nitrogens is 3. The summed E-state index contributed by atoms with van der Waals surface area (Å²) in [6.07, 6.45) is -2.63. The molecular formula is C21H16BrF2N3O. The van der Waals surface area contributed by atoms with Crippen LogP contribution in [0.3, 0.4) is 0 Å². The molecule has 0 radical (unpaired) electrons. The first-order valence-corrected chi connectivity index (χ1v) is 9.36. The van der Waals surface area contributed by atoms with Crippen LogP contribution < -0.4 is 4.74 Å². The zero-order chi connectivity index (χ0) is 19.8. The second-order valence-corrected chi connectivity index (χ2v) is 7.21. The smallest absolute Gasteiger partial charge is 0.264 e. The Morgan fingerprint density at radius 1 is 1.04 bits per heavy atom. The number of rotatable bonds is 4. The molecular weight excluding hydrogens is 428 g/mol. The molecule has 0 saturated carbocycles. The van der Waals surface area contributed by atoms with Crippen molar-refractivity contribution >= 4 is 27.0 Å². The summed E-state index contributed by atoms with van der Waals surface area (Å²) in [5, 5.41) is 4.86. The highest BCUT2D eigenvalue weighted by molar-refractivity contribution is 9.10. The van der Waals surface area contributed by atoms with Crippen LogP contribution >= 0.6 is 15.9 Å². The predicted molar refractivity (Wildman–Crippen MR) is 108 cm³/mol. The van der Waals surface area contributed by atoms with Crippen molar-refractivity contribution in [2.24, 2.45) is 0 Å². The predicted octanol–water partition coefficient (Wildman–Crippen LogP) is 6.10. The molecule has 2 heterocycles. The van der Waals surface area contributed by atoms with E-state index >= 15 is 0 Å². The van der Waals surface area contributed by atoms with Crippen LogP contribution in [0.4, 0.5) is 8.78 Å². The van der Waals surface area contributed by atoms with Crippen molar-refractivity contribution in [2.75, 3.05) is 7.11 Å². The summed E-state index contributed by atoms with van der Waals surface area (Å²) in [5.74, 6) is 0.703. The number of ether oxygens (including phenoxy) is 1. The summed E-state index contributed by atoms with van der Waals surface area (Å²) in [6.45, 7) is 1.72. The van der Waals surface area contributed by atoms with E-state index in [1.165, 1.54) is 6.07 Å². The maximum atomic E-state index is 13.9. The van der Waals surface area contributed by atoms with E-state index in [0.717, 1.165) is 15.7 Å². The highest BCUT2D eigenvalue weighted by Gasteiger charge is 2.21. The van der Waals surface area contributed by atoms with Crippen LogP contribution in [0.5, 0.6) is 5.75 Å². The second kappa shape index (κ2) is 7.31. The van der Waals surface area contributed by atoms with Crippen LogP contribution in [-0.2, 0) is 0 Å². The van der Waals surface area contributed by atoms with Crippen LogP contribution in [0.2, 0.25) is 0 Å². The van der Waals surface area contributed by atoms with Gasteiger partial charge in [0.2, 0.25) is 0 Å². The first-order chi connectivity index (χ1) is 13.5. The third-order valence-electron chi connectivity index (χ3n) is 4.54. The molecule has 4 aromatic rings. The summed E-state index contributed by atoms with van der Waals surface area (Å²) in [6, 6.07) is 16.1. The summed E-state index contributed by atoms with van der Waals surface area (Å²) >= 11 is 3.39. The van der Waals surface area contributed by atoms with Gasteiger partial charge in [-0.1, -0.05) is 28.1 Å². The summed E-state index contributed by atoms with van der Waals surface area (Å²) in [4.78, 5) is 4.68. The molecule has 0 atom stereocenters.